The summed E-state index contributed by atoms with van der Waals surface area (Å²) in [6.07, 6.45) is 3.21. The van der Waals surface area contributed by atoms with E-state index < -0.39 is 0 Å². The lowest BCUT2D eigenvalue weighted by molar-refractivity contribution is 0.105. The molecule has 0 atom stereocenters. The number of hydrogen-bond acceptors (Lipinski definition) is 3. The van der Waals surface area contributed by atoms with E-state index in [1.165, 1.54) is 17.4 Å². The van der Waals surface area contributed by atoms with Gasteiger partial charge in [0.25, 0.3) is 0 Å². The molecule has 2 nitrogen and oxygen atoms in total. The summed E-state index contributed by atoms with van der Waals surface area (Å²) in [5.74, 6) is 0.184. The molecule has 0 aliphatic rings. The van der Waals surface area contributed by atoms with E-state index in [2.05, 4.69) is 0 Å². The summed E-state index contributed by atoms with van der Waals surface area (Å²) in [6.45, 7) is 0. The van der Waals surface area contributed by atoms with Crippen molar-refractivity contribution in [1.82, 2.24) is 0 Å². The van der Waals surface area contributed by atoms with Gasteiger partial charge in [-0.2, -0.15) is 0 Å². The van der Waals surface area contributed by atoms with Crippen LogP contribution < -0.4 is 0 Å². The van der Waals surface area contributed by atoms with Gasteiger partial charge in [0.05, 0.1) is 4.88 Å². The second kappa shape index (κ2) is 4.77. The maximum atomic E-state index is 11.6. The lowest BCUT2D eigenvalue weighted by Gasteiger charge is -1.94. The molecule has 0 aliphatic heterocycles. The van der Waals surface area contributed by atoms with Crippen molar-refractivity contribution in [3.05, 3.63) is 58.3 Å². The van der Waals surface area contributed by atoms with E-state index >= 15 is 0 Å². The average Bonchev–Trinajstić information content (AvgIpc) is 2.79. The first-order chi connectivity index (χ1) is 7.75. The molecule has 0 bridgehead atoms. The fourth-order valence-corrected chi connectivity index (χ4v) is 1.95. The van der Waals surface area contributed by atoms with Crippen molar-refractivity contribution in [3.8, 4) is 5.75 Å². The van der Waals surface area contributed by atoms with Gasteiger partial charge in [0.15, 0.2) is 5.78 Å². The van der Waals surface area contributed by atoms with Crippen molar-refractivity contribution in [2.45, 2.75) is 0 Å². The quantitative estimate of drug-likeness (QED) is 0.648. The van der Waals surface area contributed by atoms with E-state index in [9.17, 15) is 9.90 Å². The van der Waals surface area contributed by atoms with E-state index in [0.29, 0.717) is 0 Å². The zero-order chi connectivity index (χ0) is 11.4. The topological polar surface area (TPSA) is 37.3 Å². The number of carbonyl (C=O) groups excluding carboxylic acids is 1. The van der Waals surface area contributed by atoms with E-state index in [4.69, 9.17) is 0 Å². The Morgan fingerprint density at radius 3 is 2.81 bits per heavy atom. The maximum absolute atomic E-state index is 11.6. The van der Waals surface area contributed by atoms with Crippen LogP contribution in [0.4, 0.5) is 0 Å². The van der Waals surface area contributed by atoms with Gasteiger partial charge in [-0.05, 0) is 35.2 Å². The molecule has 0 unspecified atom stereocenters. The molecular weight excluding hydrogens is 220 g/mol. The lowest BCUT2D eigenvalue weighted by Crippen LogP contribution is -1.88. The lowest BCUT2D eigenvalue weighted by atomic mass is 10.2. The highest BCUT2D eigenvalue weighted by Crippen LogP contribution is 2.14. The van der Waals surface area contributed by atoms with Crippen LogP contribution in [-0.4, -0.2) is 10.9 Å². The van der Waals surface area contributed by atoms with Crippen molar-refractivity contribution in [3.63, 3.8) is 0 Å². The van der Waals surface area contributed by atoms with Crippen LogP contribution in [-0.2, 0) is 0 Å². The second-order valence-electron chi connectivity index (χ2n) is 3.27. The van der Waals surface area contributed by atoms with E-state index in [0.717, 1.165) is 10.4 Å². The third-order valence-electron chi connectivity index (χ3n) is 2.06. The van der Waals surface area contributed by atoms with Crippen molar-refractivity contribution in [1.29, 1.82) is 0 Å². The molecule has 2 rings (SSSR count). The Morgan fingerprint density at radius 1 is 1.25 bits per heavy atom. The third-order valence-corrected chi connectivity index (χ3v) is 2.95. The Kier molecular flexibility index (Phi) is 3.17. The molecule has 0 radical (unpaired) electrons. The van der Waals surface area contributed by atoms with Crippen molar-refractivity contribution in [2.24, 2.45) is 0 Å². The molecule has 0 fully saturated rings. The van der Waals surface area contributed by atoms with E-state index in [1.54, 1.807) is 30.3 Å². The Hall–Kier alpha value is -1.87. The van der Waals surface area contributed by atoms with Crippen LogP contribution in [0.25, 0.3) is 6.08 Å². The first-order valence-electron chi connectivity index (χ1n) is 4.80. The minimum Gasteiger partial charge on any atom is -0.508 e. The fraction of sp³-hybridized carbons (Fsp3) is 0. The Balaban J connectivity index is 2.13. The summed E-state index contributed by atoms with van der Waals surface area (Å²) < 4.78 is 0. The summed E-state index contributed by atoms with van der Waals surface area (Å²) in [7, 11) is 0. The molecule has 0 aliphatic carbocycles. The first kappa shape index (κ1) is 10.6. The van der Waals surface area contributed by atoms with Crippen LogP contribution in [0.15, 0.2) is 47.9 Å². The molecule has 1 N–H and O–H groups in total. The van der Waals surface area contributed by atoms with Gasteiger partial charge < -0.3 is 5.11 Å². The Bertz CT molecular complexity index is 512. The molecule has 1 heterocycles. The van der Waals surface area contributed by atoms with E-state index in [1.807, 2.05) is 17.5 Å². The molecular formula is C13H10O2S. The smallest absolute Gasteiger partial charge is 0.195 e. The third kappa shape index (κ3) is 2.58. The number of ketones is 1. The zero-order valence-corrected chi connectivity index (χ0v) is 9.28. The Labute approximate surface area is 97.5 Å². The summed E-state index contributed by atoms with van der Waals surface area (Å²) in [5, 5.41) is 11.1. The molecule has 3 heteroatoms. The molecule has 2 aromatic rings. The number of allylic oxidation sites excluding steroid dienone is 1. The molecule has 0 spiro atoms. The molecule has 0 saturated carbocycles. The number of aromatic hydroxyl groups is 1. The number of carbonyl (C=O) groups is 1. The van der Waals surface area contributed by atoms with Crippen LogP contribution in [0.5, 0.6) is 5.75 Å². The highest BCUT2D eigenvalue weighted by atomic mass is 32.1. The van der Waals surface area contributed by atoms with Gasteiger partial charge in [-0.3, -0.25) is 4.79 Å². The van der Waals surface area contributed by atoms with Crippen LogP contribution in [0.3, 0.4) is 0 Å². The molecule has 16 heavy (non-hydrogen) atoms. The normalized spacial score (nSPS) is 10.8. The van der Waals surface area contributed by atoms with Gasteiger partial charge >= 0.3 is 0 Å². The maximum Gasteiger partial charge on any atom is 0.195 e. The van der Waals surface area contributed by atoms with Gasteiger partial charge in [0, 0.05) is 0 Å². The van der Waals surface area contributed by atoms with E-state index in [-0.39, 0.29) is 11.5 Å². The number of benzene rings is 1. The minimum absolute atomic E-state index is 0.0154. The molecule has 0 amide bonds. The summed E-state index contributed by atoms with van der Waals surface area (Å²) in [4.78, 5) is 12.3. The summed E-state index contributed by atoms with van der Waals surface area (Å²) in [5.41, 5.74) is 0.810. The molecule has 80 valence electrons. The van der Waals surface area contributed by atoms with Gasteiger partial charge in [0.1, 0.15) is 5.75 Å². The number of rotatable bonds is 3. The zero-order valence-electron chi connectivity index (χ0n) is 8.46. The second-order valence-corrected chi connectivity index (χ2v) is 4.22. The number of phenolic OH excluding ortho intramolecular Hbond substituents is 1. The standard InChI is InChI=1S/C13H10O2S/c14-11-4-1-3-10(9-11)6-7-12(15)13-5-2-8-16-13/h1-9,14H. The predicted octanol–water partition coefficient (Wildman–Crippen LogP) is 3.35. The summed E-state index contributed by atoms with van der Waals surface area (Å²) >= 11 is 1.42. The van der Waals surface area contributed by atoms with Crippen molar-refractivity contribution in [2.75, 3.05) is 0 Å². The molecule has 1 aromatic heterocycles. The van der Waals surface area contributed by atoms with Crippen LogP contribution in [0.2, 0.25) is 0 Å². The number of thiophene rings is 1. The average molecular weight is 230 g/mol. The number of phenols is 1. The predicted molar refractivity (Wildman–Crippen MR) is 65.8 cm³/mol. The van der Waals surface area contributed by atoms with Crippen LogP contribution in [0.1, 0.15) is 15.2 Å². The SMILES string of the molecule is O=C(C=Cc1cccc(O)c1)c1cccs1. The van der Waals surface area contributed by atoms with Crippen molar-refractivity contribution < 1.29 is 9.90 Å². The highest BCUT2D eigenvalue weighted by molar-refractivity contribution is 7.12. The molecule has 1 aromatic carbocycles. The van der Waals surface area contributed by atoms with Crippen LogP contribution >= 0.6 is 11.3 Å². The minimum atomic E-state index is -0.0154. The first-order valence-corrected chi connectivity index (χ1v) is 5.68. The van der Waals surface area contributed by atoms with Crippen molar-refractivity contribution >= 4 is 23.2 Å². The Morgan fingerprint density at radius 2 is 2.12 bits per heavy atom. The molecule has 0 saturated heterocycles. The summed E-state index contributed by atoms with van der Waals surface area (Å²) in [6, 6.07) is 10.4. The fourth-order valence-electron chi connectivity index (χ4n) is 1.30. The monoisotopic (exact) mass is 230 g/mol. The highest BCUT2D eigenvalue weighted by Gasteiger charge is 2.01. The van der Waals surface area contributed by atoms with Gasteiger partial charge in [-0.1, -0.05) is 24.3 Å². The van der Waals surface area contributed by atoms with Gasteiger partial charge in [-0.25, -0.2) is 0 Å². The van der Waals surface area contributed by atoms with Gasteiger partial charge in [-0.15, -0.1) is 11.3 Å². The number of hydrogen-bond donors (Lipinski definition) is 1. The van der Waals surface area contributed by atoms with Crippen LogP contribution in [0, 0.1) is 0 Å². The van der Waals surface area contributed by atoms with Gasteiger partial charge in [0.2, 0.25) is 0 Å². The largest absolute Gasteiger partial charge is 0.508 e.